The standard InChI is InChI=1S/C23H24N2O2S/c1-3-15-27-20-12-7-18(8-13-20)9-14-22(26)25-23-24-21(16-28-23)19-10-5-17(4-2)6-11-19/h5-14,16H,3-4,15H2,1-2H3,(H,24,25,26). The molecule has 0 radical (unpaired) electrons. The number of thiazole rings is 1. The summed E-state index contributed by atoms with van der Waals surface area (Å²) in [6.07, 6.45) is 5.28. The monoisotopic (exact) mass is 392 g/mol. The Hall–Kier alpha value is -2.92. The Balaban J connectivity index is 1.57. The summed E-state index contributed by atoms with van der Waals surface area (Å²) in [5.41, 5.74) is 4.15. The van der Waals surface area contributed by atoms with Gasteiger partial charge in [0.25, 0.3) is 0 Å². The van der Waals surface area contributed by atoms with Crippen LogP contribution in [-0.2, 0) is 11.2 Å². The number of benzene rings is 2. The Labute approximate surface area is 169 Å². The summed E-state index contributed by atoms with van der Waals surface area (Å²) < 4.78 is 5.56. The van der Waals surface area contributed by atoms with Crippen LogP contribution in [0.5, 0.6) is 5.75 Å². The van der Waals surface area contributed by atoms with Crippen LogP contribution in [0.2, 0.25) is 0 Å². The van der Waals surface area contributed by atoms with Crippen molar-refractivity contribution in [1.29, 1.82) is 0 Å². The first kappa shape index (κ1) is 19.8. The van der Waals surface area contributed by atoms with Crippen LogP contribution in [0, 0.1) is 0 Å². The minimum absolute atomic E-state index is 0.200. The number of nitrogens with one attached hydrogen (secondary N) is 1. The van der Waals surface area contributed by atoms with Crippen LogP contribution in [0.1, 0.15) is 31.4 Å². The molecular weight excluding hydrogens is 368 g/mol. The Morgan fingerprint density at radius 2 is 1.86 bits per heavy atom. The third kappa shape index (κ3) is 5.54. The molecule has 0 spiro atoms. The van der Waals surface area contributed by atoms with Crippen molar-refractivity contribution in [3.63, 3.8) is 0 Å². The minimum atomic E-state index is -0.200. The smallest absolute Gasteiger partial charge is 0.250 e. The highest BCUT2D eigenvalue weighted by atomic mass is 32.1. The highest BCUT2D eigenvalue weighted by Gasteiger charge is 2.06. The van der Waals surface area contributed by atoms with E-state index in [0.717, 1.165) is 35.4 Å². The van der Waals surface area contributed by atoms with Crippen molar-refractivity contribution in [1.82, 2.24) is 4.98 Å². The van der Waals surface area contributed by atoms with Crippen LogP contribution in [0.25, 0.3) is 17.3 Å². The molecule has 1 heterocycles. The fourth-order valence-electron chi connectivity index (χ4n) is 2.59. The lowest BCUT2D eigenvalue weighted by molar-refractivity contribution is -0.111. The van der Waals surface area contributed by atoms with Gasteiger partial charge in [-0.25, -0.2) is 4.98 Å². The molecule has 0 bridgehead atoms. The number of anilines is 1. The Kier molecular flexibility index (Phi) is 6.98. The number of ether oxygens (including phenoxy) is 1. The Morgan fingerprint density at radius 3 is 2.54 bits per heavy atom. The first-order valence-corrected chi connectivity index (χ1v) is 10.3. The van der Waals surface area contributed by atoms with Gasteiger partial charge in [-0.2, -0.15) is 0 Å². The molecule has 0 atom stereocenters. The van der Waals surface area contributed by atoms with E-state index in [2.05, 4.69) is 48.4 Å². The van der Waals surface area contributed by atoms with E-state index in [0.29, 0.717) is 11.7 Å². The van der Waals surface area contributed by atoms with Crippen LogP contribution in [0.3, 0.4) is 0 Å². The van der Waals surface area contributed by atoms with Gasteiger partial charge in [0.1, 0.15) is 5.75 Å². The van der Waals surface area contributed by atoms with Gasteiger partial charge in [0, 0.05) is 17.0 Å². The zero-order chi connectivity index (χ0) is 19.8. The molecule has 3 rings (SSSR count). The number of hydrogen-bond acceptors (Lipinski definition) is 4. The number of hydrogen-bond donors (Lipinski definition) is 1. The second-order valence-electron chi connectivity index (χ2n) is 6.33. The molecule has 0 fully saturated rings. The van der Waals surface area contributed by atoms with Crippen LogP contribution in [-0.4, -0.2) is 17.5 Å². The number of aromatic nitrogens is 1. The lowest BCUT2D eigenvalue weighted by Gasteiger charge is -2.04. The molecule has 3 aromatic rings. The van der Waals surface area contributed by atoms with Crippen LogP contribution < -0.4 is 10.1 Å². The van der Waals surface area contributed by atoms with Gasteiger partial charge in [-0.1, -0.05) is 50.2 Å². The van der Waals surface area contributed by atoms with Crippen molar-refractivity contribution in [3.8, 4) is 17.0 Å². The summed E-state index contributed by atoms with van der Waals surface area (Å²) in [5.74, 6) is 0.638. The normalized spacial score (nSPS) is 10.9. The molecule has 0 aliphatic heterocycles. The van der Waals surface area contributed by atoms with Crippen molar-refractivity contribution in [2.45, 2.75) is 26.7 Å². The van der Waals surface area contributed by atoms with Crippen molar-refractivity contribution in [2.75, 3.05) is 11.9 Å². The SMILES string of the molecule is CCCOc1ccc(C=CC(=O)Nc2nc(-c3ccc(CC)cc3)cs2)cc1. The van der Waals surface area contributed by atoms with Gasteiger partial charge >= 0.3 is 0 Å². The summed E-state index contributed by atoms with van der Waals surface area (Å²) in [6, 6.07) is 16.0. The molecule has 0 saturated carbocycles. The average molecular weight is 393 g/mol. The Morgan fingerprint density at radius 1 is 1.11 bits per heavy atom. The lowest BCUT2D eigenvalue weighted by atomic mass is 10.1. The number of nitrogens with zero attached hydrogens (tertiary/aromatic N) is 1. The molecule has 144 valence electrons. The topological polar surface area (TPSA) is 51.2 Å². The van der Waals surface area contributed by atoms with Crippen LogP contribution >= 0.6 is 11.3 Å². The highest BCUT2D eigenvalue weighted by molar-refractivity contribution is 7.14. The molecule has 1 amide bonds. The van der Waals surface area contributed by atoms with Gasteiger partial charge in [-0.15, -0.1) is 11.3 Å². The number of aryl methyl sites for hydroxylation is 1. The predicted octanol–water partition coefficient (Wildman–Crippen LogP) is 5.81. The fourth-order valence-corrected chi connectivity index (χ4v) is 3.31. The minimum Gasteiger partial charge on any atom is -0.494 e. The van der Waals surface area contributed by atoms with Gasteiger partial charge in [-0.3, -0.25) is 10.1 Å². The molecule has 28 heavy (non-hydrogen) atoms. The Bertz CT molecular complexity index is 928. The van der Waals surface area contributed by atoms with Gasteiger partial charge < -0.3 is 4.74 Å². The molecule has 0 saturated heterocycles. The molecule has 1 aromatic heterocycles. The lowest BCUT2D eigenvalue weighted by Crippen LogP contribution is -2.07. The van der Waals surface area contributed by atoms with Gasteiger partial charge in [0.2, 0.25) is 5.91 Å². The molecule has 0 aliphatic rings. The average Bonchev–Trinajstić information content (AvgIpc) is 3.20. The van der Waals surface area contributed by atoms with Crippen molar-refractivity contribution in [3.05, 3.63) is 71.1 Å². The first-order chi connectivity index (χ1) is 13.7. The number of carbonyl (C=O) groups is 1. The zero-order valence-corrected chi connectivity index (χ0v) is 17.0. The van der Waals surface area contributed by atoms with E-state index in [1.807, 2.05) is 29.6 Å². The number of rotatable bonds is 8. The maximum atomic E-state index is 12.2. The van der Waals surface area contributed by atoms with E-state index in [1.165, 1.54) is 23.0 Å². The molecule has 0 unspecified atom stereocenters. The maximum absolute atomic E-state index is 12.2. The van der Waals surface area contributed by atoms with E-state index in [4.69, 9.17) is 4.74 Å². The molecule has 5 heteroatoms. The number of carbonyl (C=O) groups excluding carboxylic acids is 1. The summed E-state index contributed by atoms with van der Waals surface area (Å²) in [5, 5.41) is 5.37. The summed E-state index contributed by atoms with van der Waals surface area (Å²) in [4.78, 5) is 16.7. The van der Waals surface area contributed by atoms with Crippen LogP contribution in [0.15, 0.2) is 60.0 Å². The summed E-state index contributed by atoms with van der Waals surface area (Å²) in [7, 11) is 0. The van der Waals surface area contributed by atoms with E-state index < -0.39 is 0 Å². The molecule has 1 N–H and O–H groups in total. The first-order valence-electron chi connectivity index (χ1n) is 9.44. The third-order valence-electron chi connectivity index (χ3n) is 4.17. The van der Waals surface area contributed by atoms with Gasteiger partial charge in [0.15, 0.2) is 5.13 Å². The number of amides is 1. The molecule has 2 aromatic carbocycles. The van der Waals surface area contributed by atoms with Crippen LogP contribution in [0.4, 0.5) is 5.13 Å². The van der Waals surface area contributed by atoms with Crippen molar-refractivity contribution < 1.29 is 9.53 Å². The summed E-state index contributed by atoms with van der Waals surface area (Å²) in [6.45, 7) is 4.91. The van der Waals surface area contributed by atoms with Crippen molar-refractivity contribution >= 4 is 28.5 Å². The van der Waals surface area contributed by atoms with E-state index >= 15 is 0 Å². The fraction of sp³-hybridized carbons (Fsp3) is 0.217. The maximum Gasteiger partial charge on any atom is 0.250 e. The zero-order valence-electron chi connectivity index (χ0n) is 16.1. The molecule has 0 aliphatic carbocycles. The van der Waals surface area contributed by atoms with Gasteiger partial charge in [-0.05, 0) is 42.2 Å². The third-order valence-corrected chi connectivity index (χ3v) is 4.93. The van der Waals surface area contributed by atoms with Gasteiger partial charge in [0.05, 0.1) is 12.3 Å². The predicted molar refractivity (Wildman–Crippen MR) is 117 cm³/mol. The largest absolute Gasteiger partial charge is 0.494 e. The summed E-state index contributed by atoms with van der Waals surface area (Å²) >= 11 is 1.42. The van der Waals surface area contributed by atoms with Crippen molar-refractivity contribution in [2.24, 2.45) is 0 Å². The second-order valence-corrected chi connectivity index (χ2v) is 7.19. The quantitative estimate of drug-likeness (QED) is 0.492. The van der Waals surface area contributed by atoms with E-state index in [9.17, 15) is 4.79 Å². The highest BCUT2D eigenvalue weighted by Crippen LogP contribution is 2.25. The molecule has 4 nitrogen and oxygen atoms in total. The molecular formula is C23H24N2O2S. The van der Waals surface area contributed by atoms with E-state index in [1.54, 1.807) is 6.08 Å². The second kappa shape index (κ2) is 9.85. The van der Waals surface area contributed by atoms with E-state index in [-0.39, 0.29) is 5.91 Å².